The summed E-state index contributed by atoms with van der Waals surface area (Å²) in [6.07, 6.45) is 5.27. The highest BCUT2D eigenvalue weighted by Crippen LogP contribution is 2.23. The summed E-state index contributed by atoms with van der Waals surface area (Å²) in [5, 5.41) is 7.45. The minimum Gasteiger partial charge on any atom is -0.384 e. The average Bonchev–Trinajstić information content (AvgIpc) is 2.76. The average molecular weight is 333 g/mol. The van der Waals surface area contributed by atoms with E-state index in [2.05, 4.69) is 36.3 Å². The van der Waals surface area contributed by atoms with Gasteiger partial charge in [0.25, 0.3) is 0 Å². The molecule has 0 aliphatic heterocycles. The molecule has 0 saturated heterocycles. The van der Waals surface area contributed by atoms with Crippen molar-refractivity contribution in [3.8, 4) is 0 Å². The molecular weight excluding hydrogens is 320 g/mol. The molecule has 0 bridgehead atoms. The van der Waals surface area contributed by atoms with Crippen molar-refractivity contribution in [1.29, 1.82) is 0 Å². The summed E-state index contributed by atoms with van der Waals surface area (Å²) >= 11 is 3.39. The largest absolute Gasteiger partial charge is 0.384 e. The molecule has 3 N–H and O–H groups in total. The first-order chi connectivity index (χ1) is 9.65. The van der Waals surface area contributed by atoms with Gasteiger partial charge < -0.3 is 11.1 Å². The third-order valence-corrected chi connectivity index (χ3v) is 3.51. The normalized spacial score (nSPS) is 10.9. The van der Waals surface area contributed by atoms with Crippen molar-refractivity contribution in [1.82, 2.24) is 19.7 Å². The zero-order chi connectivity index (χ0) is 14.1. The summed E-state index contributed by atoms with van der Waals surface area (Å²) in [6.45, 7) is 0.594. The van der Waals surface area contributed by atoms with E-state index in [9.17, 15) is 0 Å². The topological polar surface area (TPSA) is 81.7 Å². The lowest BCUT2D eigenvalue weighted by Gasteiger charge is -2.08. The van der Waals surface area contributed by atoms with Crippen molar-refractivity contribution in [3.63, 3.8) is 0 Å². The van der Waals surface area contributed by atoms with Crippen LogP contribution in [0.3, 0.4) is 0 Å². The summed E-state index contributed by atoms with van der Waals surface area (Å²) in [6, 6.07) is 3.84. The van der Waals surface area contributed by atoms with E-state index >= 15 is 0 Å². The Morgan fingerprint density at radius 2 is 2.20 bits per heavy atom. The van der Waals surface area contributed by atoms with Crippen LogP contribution in [0, 0.1) is 0 Å². The van der Waals surface area contributed by atoms with Gasteiger partial charge in [0.2, 0.25) is 0 Å². The van der Waals surface area contributed by atoms with E-state index in [1.165, 1.54) is 0 Å². The minimum atomic E-state index is 0.594. The maximum absolute atomic E-state index is 5.93. The Balaban J connectivity index is 1.89. The molecular formula is C13H13BrN6. The lowest BCUT2D eigenvalue weighted by Crippen LogP contribution is -2.04. The van der Waals surface area contributed by atoms with E-state index in [0.717, 1.165) is 26.8 Å². The van der Waals surface area contributed by atoms with Crippen LogP contribution in [0.15, 0.2) is 35.2 Å². The second kappa shape index (κ2) is 5.09. The summed E-state index contributed by atoms with van der Waals surface area (Å²) in [4.78, 5) is 8.70. The number of hydrogen-bond donors (Lipinski definition) is 2. The summed E-state index contributed by atoms with van der Waals surface area (Å²) in [7, 11) is 1.82. The molecule has 0 spiro atoms. The van der Waals surface area contributed by atoms with Crippen LogP contribution < -0.4 is 11.1 Å². The fourth-order valence-electron chi connectivity index (χ4n) is 1.97. The number of nitrogens with two attached hydrogens (primary N) is 1. The SMILES string of the molecule is Cn1ncc(CNc2ccnc3cc(Br)cnc23)c1N. The molecule has 3 aromatic heterocycles. The van der Waals surface area contributed by atoms with Gasteiger partial charge in [0.05, 0.1) is 17.4 Å². The van der Waals surface area contributed by atoms with Gasteiger partial charge in [0.1, 0.15) is 11.3 Å². The number of anilines is 2. The van der Waals surface area contributed by atoms with Gasteiger partial charge >= 0.3 is 0 Å². The molecule has 6 nitrogen and oxygen atoms in total. The van der Waals surface area contributed by atoms with Gasteiger partial charge in [-0.25, -0.2) is 0 Å². The molecule has 3 heterocycles. The Hall–Kier alpha value is -2.15. The molecule has 0 saturated carbocycles. The van der Waals surface area contributed by atoms with Gasteiger partial charge in [-0.2, -0.15) is 5.10 Å². The van der Waals surface area contributed by atoms with Crippen molar-refractivity contribution < 1.29 is 0 Å². The van der Waals surface area contributed by atoms with Crippen molar-refractivity contribution >= 4 is 38.5 Å². The molecule has 0 fully saturated rings. The molecule has 0 atom stereocenters. The van der Waals surface area contributed by atoms with Crippen molar-refractivity contribution in [2.24, 2.45) is 7.05 Å². The molecule has 0 amide bonds. The maximum atomic E-state index is 5.93. The number of nitrogens with zero attached hydrogens (tertiary/aromatic N) is 4. The van der Waals surface area contributed by atoms with Gasteiger partial charge in [0.15, 0.2) is 0 Å². The lowest BCUT2D eigenvalue weighted by atomic mass is 10.2. The molecule has 7 heteroatoms. The second-order valence-corrected chi connectivity index (χ2v) is 5.33. The van der Waals surface area contributed by atoms with Crippen LogP contribution in [-0.2, 0) is 13.6 Å². The van der Waals surface area contributed by atoms with E-state index in [-0.39, 0.29) is 0 Å². The predicted molar refractivity (Wildman–Crippen MR) is 82.2 cm³/mol. The first kappa shape index (κ1) is 12.9. The van der Waals surface area contributed by atoms with Crippen LogP contribution in [0.4, 0.5) is 11.5 Å². The number of halogens is 1. The van der Waals surface area contributed by atoms with Crippen molar-refractivity contribution in [2.75, 3.05) is 11.1 Å². The second-order valence-electron chi connectivity index (χ2n) is 4.41. The number of fused-ring (bicyclic) bond motifs is 1. The number of rotatable bonds is 3. The zero-order valence-corrected chi connectivity index (χ0v) is 12.4. The smallest absolute Gasteiger partial charge is 0.126 e. The van der Waals surface area contributed by atoms with Crippen LogP contribution in [-0.4, -0.2) is 19.7 Å². The Labute approximate surface area is 124 Å². The Morgan fingerprint density at radius 3 is 2.95 bits per heavy atom. The summed E-state index contributed by atoms with van der Waals surface area (Å²) < 4.78 is 2.56. The van der Waals surface area contributed by atoms with Crippen LogP contribution in [0.1, 0.15) is 5.56 Å². The highest BCUT2D eigenvalue weighted by Gasteiger charge is 2.07. The van der Waals surface area contributed by atoms with Crippen molar-refractivity contribution in [2.45, 2.75) is 6.54 Å². The third kappa shape index (κ3) is 2.32. The van der Waals surface area contributed by atoms with Crippen LogP contribution in [0.2, 0.25) is 0 Å². The van der Waals surface area contributed by atoms with E-state index in [1.54, 1.807) is 23.3 Å². The third-order valence-electron chi connectivity index (χ3n) is 3.08. The van der Waals surface area contributed by atoms with E-state index < -0.39 is 0 Å². The minimum absolute atomic E-state index is 0.594. The molecule has 102 valence electrons. The van der Waals surface area contributed by atoms with Crippen LogP contribution >= 0.6 is 15.9 Å². The summed E-state index contributed by atoms with van der Waals surface area (Å²) in [5.74, 6) is 0.659. The fraction of sp³-hybridized carbons (Fsp3) is 0.154. The fourth-order valence-corrected chi connectivity index (χ4v) is 2.29. The number of aryl methyl sites for hydroxylation is 1. The molecule has 0 unspecified atom stereocenters. The molecule has 0 radical (unpaired) electrons. The summed E-state index contributed by atoms with van der Waals surface area (Å²) in [5.41, 5.74) is 9.47. The van der Waals surface area contributed by atoms with Gasteiger partial charge in [-0.1, -0.05) is 0 Å². The van der Waals surface area contributed by atoms with E-state index in [1.807, 2.05) is 19.2 Å². The molecule has 0 aliphatic carbocycles. The van der Waals surface area contributed by atoms with Gasteiger partial charge in [-0.3, -0.25) is 14.6 Å². The molecule has 3 aromatic rings. The van der Waals surface area contributed by atoms with Gasteiger partial charge in [-0.15, -0.1) is 0 Å². The van der Waals surface area contributed by atoms with Crippen LogP contribution in [0.25, 0.3) is 11.0 Å². The molecule has 0 aliphatic rings. The predicted octanol–water partition coefficient (Wildman–Crippen LogP) is 2.32. The monoisotopic (exact) mass is 332 g/mol. The lowest BCUT2D eigenvalue weighted by molar-refractivity contribution is 0.778. The van der Waals surface area contributed by atoms with Crippen molar-refractivity contribution in [3.05, 3.63) is 40.8 Å². The molecule has 0 aromatic carbocycles. The van der Waals surface area contributed by atoms with Gasteiger partial charge in [0, 0.05) is 36.0 Å². The highest BCUT2D eigenvalue weighted by molar-refractivity contribution is 9.10. The Morgan fingerprint density at radius 1 is 1.35 bits per heavy atom. The zero-order valence-electron chi connectivity index (χ0n) is 10.8. The van der Waals surface area contributed by atoms with E-state index in [4.69, 9.17) is 5.73 Å². The molecule has 20 heavy (non-hydrogen) atoms. The maximum Gasteiger partial charge on any atom is 0.126 e. The number of pyridine rings is 2. The standard InChI is InChI=1S/C13H13BrN6/c1-20-13(15)8(6-19-20)5-17-10-2-3-16-11-4-9(14)7-18-12(10)11/h2-4,6-7H,5,15H2,1H3,(H,16,17). The molecule has 3 rings (SSSR count). The number of nitrogen functional groups attached to an aromatic ring is 1. The van der Waals surface area contributed by atoms with E-state index in [0.29, 0.717) is 12.4 Å². The Bertz CT molecular complexity index is 767. The van der Waals surface area contributed by atoms with Gasteiger partial charge in [-0.05, 0) is 28.1 Å². The number of hydrogen-bond acceptors (Lipinski definition) is 5. The highest BCUT2D eigenvalue weighted by atomic mass is 79.9. The quantitative estimate of drug-likeness (QED) is 0.769. The first-order valence-electron chi connectivity index (χ1n) is 6.05. The number of aromatic nitrogens is 4. The Kier molecular flexibility index (Phi) is 3.27. The number of nitrogens with one attached hydrogen (secondary N) is 1. The first-order valence-corrected chi connectivity index (χ1v) is 6.85. The van der Waals surface area contributed by atoms with Crippen LogP contribution in [0.5, 0.6) is 0 Å².